The number of hydrogen-bond donors (Lipinski definition) is 0. The number of Topliss-reactive ketones (excluding diaryl/α,β-unsaturated/α-hetero) is 1. The Labute approximate surface area is 166 Å². The van der Waals surface area contributed by atoms with Crippen molar-refractivity contribution in [3.63, 3.8) is 0 Å². The maximum atomic E-state index is 11.9. The van der Waals surface area contributed by atoms with Crippen LogP contribution < -0.4 is 14.4 Å². The van der Waals surface area contributed by atoms with Crippen molar-refractivity contribution in [1.82, 2.24) is 0 Å². The largest absolute Gasteiger partial charge is 0.454 e. The van der Waals surface area contributed by atoms with Crippen molar-refractivity contribution in [2.75, 3.05) is 18.7 Å². The highest BCUT2D eigenvalue weighted by Gasteiger charge is 2.42. The average Bonchev–Trinajstić information content (AvgIpc) is 3.30. The maximum absolute atomic E-state index is 11.9. The Morgan fingerprint density at radius 3 is 2.70 bits per heavy atom. The molecule has 0 saturated carbocycles. The Bertz CT molecular complexity index is 984. The first-order valence-electron chi connectivity index (χ1n) is 9.18. The lowest BCUT2D eigenvalue weighted by Gasteiger charge is -2.44. The molecule has 0 saturated heterocycles. The van der Waals surface area contributed by atoms with Crippen LogP contribution in [-0.2, 0) is 0 Å². The van der Waals surface area contributed by atoms with Crippen LogP contribution in [0.15, 0.2) is 47.0 Å². The highest BCUT2D eigenvalue weighted by atomic mass is 79.9. The van der Waals surface area contributed by atoms with Crippen LogP contribution in [0.1, 0.15) is 46.8 Å². The lowest BCUT2D eigenvalue weighted by atomic mass is 9.75. The third-order valence-corrected chi connectivity index (χ3v) is 6.71. The van der Waals surface area contributed by atoms with Crippen LogP contribution in [0.5, 0.6) is 11.5 Å². The maximum Gasteiger partial charge on any atom is 0.231 e. The summed E-state index contributed by atoms with van der Waals surface area (Å²) in [6.45, 7) is 1.90. The number of carbonyl (C=O) groups is 1. The standard InChI is InChI=1S/C22H20BrNO3/c1-12(25)13-6-7-19-16(8-13)14-4-3-5-15(14)22(24(19)2)17-9-20-21(10-18(17)23)27-11-26-20/h3-4,6-10,14-15,22H,5,11H2,1-2H3/t14-,15+,22?/m1/s1. The number of fused-ring (bicyclic) bond motifs is 4. The predicted molar refractivity (Wildman–Crippen MR) is 108 cm³/mol. The molecule has 0 spiro atoms. The SMILES string of the molecule is CC(=O)c1ccc2c(c1)[C@@H]1C=CC[C@@H]1C(c1cc3c(cc1Br)OCO3)N2C. The molecule has 0 aromatic heterocycles. The molecule has 1 aliphatic carbocycles. The number of nitrogens with zero attached hydrogens (tertiary/aromatic N) is 1. The topological polar surface area (TPSA) is 38.8 Å². The minimum Gasteiger partial charge on any atom is -0.454 e. The van der Waals surface area contributed by atoms with Crippen molar-refractivity contribution in [3.05, 3.63) is 63.6 Å². The van der Waals surface area contributed by atoms with Crippen LogP contribution in [0, 0.1) is 5.92 Å². The van der Waals surface area contributed by atoms with Gasteiger partial charge in [-0.05, 0) is 60.7 Å². The van der Waals surface area contributed by atoms with E-state index in [2.05, 4.69) is 58.2 Å². The van der Waals surface area contributed by atoms with Gasteiger partial charge in [0.15, 0.2) is 17.3 Å². The van der Waals surface area contributed by atoms with Crippen molar-refractivity contribution in [1.29, 1.82) is 0 Å². The minimum absolute atomic E-state index is 0.111. The number of ether oxygens (including phenoxy) is 2. The van der Waals surface area contributed by atoms with Crippen molar-refractivity contribution >= 4 is 27.4 Å². The zero-order valence-electron chi connectivity index (χ0n) is 15.2. The predicted octanol–water partition coefficient (Wildman–Crippen LogP) is 5.23. The van der Waals surface area contributed by atoms with E-state index in [1.807, 2.05) is 12.1 Å². The van der Waals surface area contributed by atoms with E-state index < -0.39 is 0 Å². The molecule has 3 aliphatic rings. The molecule has 27 heavy (non-hydrogen) atoms. The van der Waals surface area contributed by atoms with Gasteiger partial charge in [0, 0.05) is 28.7 Å². The van der Waals surface area contributed by atoms with E-state index in [4.69, 9.17) is 9.47 Å². The summed E-state index contributed by atoms with van der Waals surface area (Å²) >= 11 is 3.75. The summed E-state index contributed by atoms with van der Waals surface area (Å²) in [5.41, 5.74) is 4.42. The number of ketones is 1. The van der Waals surface area contributed by atoms with Gasteiger partial charge in [0.2, 0.25) is 6.79 Å². The van der Waals surface area contributed by atoms with Crippen LogP contribution in [-0.4, -0.2) is 19.6 Å². The van der Waals surface area contributed by atoms with Gasteiger partial charge in [0.1, 0.15) is 0 Å². The number of rotatable bonds is 2. The van der Waals surface area contributed by atoms with E-state index in [0.717, 1.165) is 28.0 Å². The number of benzene rings is 2. The molecule has 0 amide bonds. The number of allylic oxidation sites excluding steroid dienone is 2. The van der Waals surface area contributed by atoms with Crippen molar-refractivity contribution in [2.24, 2.45) is 5.92 Å². The lowest BCUT2D eigenvalue weighted by Crippen LogP contribution is -2.37. The zero-order valence-corrected chi connectivity index (χ0v) is 16.8. The summed E-state index contributed by atoms with van der Waals surface area (Å²) in [6.07, 6.45) is 5.59. The molecule has 2 aromatic carbocycles. The molecular formula is C22H20BrNO3. The molecule has 5 rings (SSSR count). The second kappa shape index (κ2) is 6.13. The van der Waals surface area contributed by atoms with E-state index >= 15 is 0 Å². The quantitative estimate of drug-likeness (QED) is 0.487. The molecule has 138 valence electrons. The highest BCUT2D eigenvalue weighted by Crippen LogP contribution is 2.54. The van der Waals surface area contributed by atoms with Gasteiger partial charge >= 0.3 is 0 Å². The van der Waals surface area contributed by atoms with Gasteiger partial charge in [-0.2, -0.15) is 0 Å². The Kier molecular flexibility index (Phi) is 3.83. The van der Waals surface area contributed by atoms with Gasteiger partial charge in [-0.3, -0.25) is 4.79 Å². The normalized spacial score (nSPS) is 24.7. The highest BCUT2D eigenvalue weighted by molar-refractivity contribution is 9.10. The first-order chi connectivity index (χ1) is 13.0. The molecule has 0 bridgehead atoms. The van der Waals surface area contributed by atoms with Gasteiger partial charge in [0.25, 0.3) is 0 Å². The van der Waals surface area contributed by atoms with Crippen LogP contribution in [0.2, 0.25) is 0 Å². The molecule has 2 aliphatic heterocycles. The molecular weight excluding hydrogens is 406 g/mol. The molecule has 2 aromatic rings. The van der Waals surface area contributed by atoms with E-state index in [1.165, 1.54) is 16.8 Å². The zero-order chi connectivity index (χ0) is 18.7. The Morgan fingerprint density at radius 2 is 1.93 bits per heavy atom. The van der Waals surface area contributed by atoms with Gasteiger partial charge < -0.3 is 14.4 Å². The molecule has 2 heterocycles. The second-order valence-corrected chi connectivity index (χ2v) is 8.32. The Balaban J connectivity index is 1.64. The van der Waals surface area contributed by atoms with Crippen molar-refractivity contribution in [3.8, 4) is 11.5 Å². The summed E-state index contributed by atoms with van der Waals surface area (Å²) in [4.78, 5) is 14.2. The summed E-state index contributed by atoms with van der Waals surface area (Å²) in [5.74, 6) is 2.44. The summed E-state index contributed by atoms with van der Waals surface area (Å²) < 4.78 is 12.2. The fourth-order valence-corrected chi connectivity index (χ4v) is 5.29. The van der Waals surface area contributed by atoms with Gasteiger partial charge in [0.05, 0.1) is 6.04 Å². The molecule has 1 unspecified atom stereocenters. The fraction of sp³-hybridized carbons (Fsp3) is 0.318. The van der Waals surface area contributed by atoms with E-state index in [-0.39, 0.29) is 18.6 Å². The molecule has 4 nitrogen and oxygen atoms in total. The number of hydrogen-bond acceptors (Lipinski definition) is 4. The number of carbonyl (C=O) groups excluding carboxylic acids is 1. The van der Waals surface area contributed by atoms with Gasteiger partial charge in [-0.25, -0.2) is 0 Å². The van der Waals surface area contributed by atoms with Crippen LogP contribution in [0.3, 0.4) is 0 Å². The average molecular weight is 426 g/mol. The summed E-state index contributed by atoms with van der Waals surface area (Å²) in [5, 5.41) is 0. The lowest BCUT2D eigenvalue weighted by molar-refractivity contribution is 0.101. The molecule has 0 fully saturated rings. The molecule has 0 radical (unpaired) electrons. The Hall–Kier alpha value is -2.27. The third kappa shape index (κ3) is 2.52. The van der Waals surface area contributed by atoms with Crippen LogP contribution >= 0.6 is 15.9 Å². The molecule has 3 atom stereocenters. The van der Waals surface area contributed by atoms with Gasteiger partial charge in [-0.1, -0.05) is 28.1 Å². The number of anilines is 1. The smallest absolute Gasteiger partial charge is 0.231 e. The van der Waals surface area contributed by atoms with Crippen molar-refractivity contribution in [2.45, 2.75) is 25.3 Å². The monoisotopic (exact) mass is 425 g/mol. The summed E-state index contributed by atoms with van der Waals surface area (Å²) in [6, 6.07) is 10.4. The van der Waals surface area contributed by atoms with Crippen LogP contribution in [0.4, 0.5) is 5.69 Å². The summed E-state index contributed by atoms with van der Waals surface area (Å²) in [7, 11) is 2.14. The van der Waals surface area contributed by atoms with E-state index in [9.17, 15) is 4.79 Å². The number of halogens is 1. The molecule has 0 N–H and O–H groups in total. The fourth-order valence-electron chi connectivity index (χ4n) is 4.73. The molecule has 5 heteroatoms. The van der Waals surface area contributed by atoms with Crippen molar-refractivity contribution < 1.29 is 14.3 Å². The first kappa shape index (κ1) is 16.9. The Morgan fingerprint density at radius 1 is 1.15 bits per heavy atom. The first-order valence-corrected chi connectivity index (χ1v) is 9.97. The third-order valence-electron chi connectivity index (χ3n) is 6.02. The van der Waals surface area contributed by atoms with E-state index in [0.29, 0.717) is 11.8 Å². The minimum atomic E-state index is 0.111. The van der Waals surface area contributed by atoms with E-state index in [1.54, 1.807) is 6.92 Å². The van der Waals surface area contributed by atoms with Crippen LogP contribution in [0.25, 0.3) is 0 Å². The second-order valence-electron chi connectivity index (χ2n) is 7.47. The van der Waals surface area contributed by atoms with Gasteiger partial charge in [-0.15, -0.1) is 0 Å².